The first-order chi connectivity index (χ1) is 11.6. The quantitative estimate of drug-likeness (QED) is 0.701. The number of anilines is 1. The summed E-state index contributed by atoms with van der Waals surface area (Å²) in [6.07, 6.45) is 0. The molecule has 0 aliphatic heterocycles. The molecule has 3 rings (SSSR count). The summed E-state index contributed by atoms with van der Waals surface area (Å²) in [4.78, 5) is 12.5. The molecule has 2 aromatic carbocycles. The van der Waals surface area contributed by atoms with Crippen molar-refractivity contribution in [2.45, 2.75) is 20.1 Å². The summed E-state index contributed by atoms with van der Waals surface area (Å²) in [5.41, 5.74) is 3.90. The standard InChI is InChI=1S/C19H19BrN2O2/c1-13-19(20)16-8-3-4-9-17(16)22(13)11-18(23)21-15-7-5-6-14(10-15)12-24-2/h3-10H,11-12H2,1-2H3,(H,21,23). The van der Waals surface area contributed by atoms with Crippen LogP contribution >= 0.6 is 15.9 Å². The van der Waals surface area contributed by atoms with Gasteiger partial charge in [0.2, 0.25) is 5.91 Å². The van der Waals surface area contributed by atoms with Gasteiger partial charge in [0.15, 0.2) is 0 Å². The molecule has 0 saturated carbocycles. The van der Waals surface area contributed by atoms with Crippen molar-refractivity contribution in [3.05, 3.63) is 64.3 Å². The predicted molar refractivity (Wildman–Crippen MR) is 100 cm³/mol. The Kier molecular flexibility index (Phi) is 5.02. The minimum atomic E-state index is -0.0547. The van der Waals surface area contributed by atoms with Gasteiger partial charge in [0.25, 0.3) is 0 Å². The van der Waals surface area contributed by atoms with Crippen LogP contribution in [0, 0.1) is 6.92 Å². The van der Waals surface area contributed by atoms with Crippen LogP contribution in [-0.2, 0) is 22.7 Å². The number of benzene rings is 2. The molecule has 4 nitrogen and oxygen atoms in total. The highest BCUT2D eigenvalue weighted by Crippen LogP contribution is 2.30. The van der Waals surface area contributed by atoms with Crippen molar-refractivity contribution in [3.8, 4) is 0 Å². The van der Waals surface area contributed by atoms with E-state index in [1.165, 1.54) is 0 Å². The number of methoxy groups -OCH3 is 1. The van der Waals surface area contributed by atoms with Crippen molar-refractivity contribution in [1.29, 1.82) is 0 Å². The number of ether oxygens (including phenoxy) is 1. The van der Waals surface area contributed by atoms with Crippen LogP contribution < -0.4 is 5.32 Å². The van der Waals surface area contributed by atoms with E-state index < -0.39 is 0 Å². The van der Waals surface area contributed by atoms with E-state index >= 15 is 0 Å². The number of fused-ring (bicyclic) bond motifs is 1. The van der Waals surface area contributed by atoms with Crippen molar-refractivity contribution in [2.24, 2.45) is 0 Å². The van der Waals surface area contributed by atoms with Crippen molar-refractivity contribution < 1.29 is 9.53 Å². The second kappa shape index (κ2) is 7.20. The number of hydrogen-bond donors (Lipinski definition) is 1. The van der Waals surface area contributed by atoms with E-state index in [9.17, 15) is 4.79 Å². The SMILES string of the molecule is COCc1cccc(NC(=O)Cn2c(C)c(Br)c3ccccc32)c1. The summed E-state index contributed by atoms with van der Waals surface area (Å²) < 4.78 is 8.18. The Morgan fingerprint density at radius 3 is 2.79 bits per heavy atom. The van der Waals surface area contributed by atoms with E-state index in [1.54, 1.807) is 7.11 Å². The van der Waals surface area contributed by atoms with Crippen molar-refractivity contribution >= 4 is 38.4 Å². The number of nitrogens with one attached hydrogen (secondary N) is 1. The fourth-order valence-electron chi connectivity index (χ4n) is 2.84. The van der Waals surface area contributed by atoms with Gasteiger partial charge in [-0.3, -0.25) is 4.79 Å². The topological polar surface area (TPSA) is 43.3 Å². The normalized spacial score (nSPS) is 11.0. The summed E-state index contributed by atoms with van der Waals surface area (Å²) in [6, 6.07) is 15.8. The molecule has 1 aromatic heterocycles. The molecule has 1 heterocycles. The Bertz CT molecular complexity index is 886. The fraction of sp³-hybridized carbons (Fsp3) is 0.211. The van der Waals surface area contributed by atoms with Gasteiger partial charge in [0, 0.05) is 33.9 Å². The number of hydrogen-bond acceptors (Lipinski definition) is 2. The molecule has 1 N–H and O–H groups in total. The molecule has 0 spiro atoms. The van der Waals surface area contributed by atoms with Crippen LogP contribution in [0.5, 0.6) is 0 Å². The third-order valence-corrected chi connectivity index (χ3v) is 4.98. The Labute approximate surface area is 149 Å². The predicted octanol–water partition coefficient (Wildman–Crippen LogP) is 4.50. The first kappa shape index (κ1) is 16.7. The largest absolute Gasteiger partial charge is 0.380 e. The van der Waals surface area contributed by atoms with Crippen LogP contribution in [0.2, 0.25) is 0 Å². The summed E-state index contributed by atoms with van der Waals surface area (Å²) in [7, 11) is 1.66. The smallest absolute Gasteiger partial charge is 0.244 e. The van der Waals surface area contributed by atoms with E-state index in [4.69, 9.17) is 4.74 Å². The highest BCUT2D eigenvalue weighted by Gasteiger charge is 2.14. The first-order valence-electron chi connectivity index (χ1n) is 7.71. The van der Waals surface area contributed by atoms with Gasteiger partial charge in [-0.15, -0.1) is 0 Å². The van der Waals surface area contributed by atoms with E-state index in [1.807, 2.05) is 54.0 Å². The van der Waals surface area contributed by atoms with Crippen molar-refractivity contribution in [3.63, 3.8) is 0 Å². The molecular weight excluding hydrogens is 368 g/mol. The molecule has 24 heavy (non-hydrogen) atoms. The summed E-state index contributed by atoms with van der Waals surface area (Å²) >= 11 is 3.62. The fourth-order valence-corrected chi connectivity index (χ4v) is 3.39. The highest BCUT2D eigenvalue weighted by molar-refractivity contribution is 9.10. The van der Waals surface area contributed by atoms with Crippen LogP contribution in [0.3, 0.4) is 0 Å². The van der Waals surface area contributed by atoms with E-state index in [-0.39, 0.29) is 12.5 Å². The van der Waals surface area contributed by atoms with E-state index in [2.05, 4.69) is 27.3 Å². The zero-order valence-electron chi connectivity index (χ0n) is 13.7. The molecule has 1 amide bonds. The number of amides is 1. The molecular formula is C19H19BrN2O2. The molecule has 0 radical (unpaired) electrons. The number of halogens is 1. The van der Waals surface area contributed by atoms with Crippen LogP contribution in [-0.4, -0.2) is 17.6 Å². The van der Waals surface area contributed by atoms with Gasteiger partial charge in [-0.05, 0) is 46.6 Å². The van der Waals surface area contributed by atoms with Gasteiger partial charge in [0.1, 0.15) is 6.54 Å². The summed E-state index contributed by atoms with van der Waals surface area (Å²) in [5, 5.41) is 4.08. The average Bonchev–Trinajstić information content (AvgIpc) is 2.81. The Balaban J connectivity index is 1.81. The zero-order valence-corrected chi connectivity index (χ0v) is 15.3. The monoisotopic (exact) mass is 386 g/mol. The third-order valence-electron chi connectivity index (χ3n) is 3.98. The number of rotatable bonds is 5. The minimum absolute atomic E-state index is 0.0547. The number of nitrogens with zero attached hydrogens (tertiary/aromatic N) is 1. The summed E-state index contributed by atoms with van der Waals surface area (Å²) in [6.45, 7) is 2.81. The Morgan fingerprint density at radius 2 is 2.00 bits per heavy atom. The number of carbonyl (C=O) groups is 1. The summed E-state index contributed by atoms with van der Waals surface area (Å²) in [5.74, 6) is -0.0547. The molecule has 5 heteroatoms. The second-order valence-electron chi connectivity index (χ2n) is 5.68. The molecule has 0 unspecified atom stereocenters. The number of aromatic nitrogens is 1. The molecule has 0 aliphatic rings. The zero-order chi connectivity index (χ0) is 17.1. The van der Waals surface area contributed by atoms with Gasteiger partial charge in [-0.2, -0.15) is 0 Å². The lowest BCUT2D eigenvalue weighted by Crippen LogP contribution is -2.19. The van der Waals surface area contributed by atoms with Gasteiger partial charge in [-0.25, -0.2) is 0 Å². The molecule has 0 atom stereocenters. The average molecular weight is 387 g/mol. The third kappa shape index (κ3) is 3.37. The van der Waals surface area contributed by atoms with Gasteiger partial charge >= 0.3 is 0 Å². The van der Waals surface area contributed by atoms with Gasteiger partial charge in [-0.1, -0.05) is 30.3 Å². The maximum Gasteiger partial charge on any atom is 0.244 e. The molecule has 0 saturated heterocycles. The van der Waals surface area contributed by atoms with E-state index in [0.29, 0.717) is 6.61 Å². The maximum atomic E-state index is 12.5. The number of para-hydroxylation sites is 1. The Hall–Kier alpha value is -2.11. The lowest BCUT2D eigenvalue weighted by molar-refractivity contribution is -0.116. The highest BCUT2D eigenvalue weighted by atomic mass is 79.9. The molecule has 0 bridgehead atoms. The second-order valence-corrected chi connectivity index (χ2v) is 6.48. The molecule has 0 aliphatic carbocycles. The lowest BCUT2D eigenvalue weighted by Gasteiger charge is -2.10. The molecule has 0 fully saturated rings. The lowest BCUT2D eigenvalue weighted by atomic mass is 10.2. The molecule has 124 valence electrons. The van der Waals surface area contributed by atoms with E-state index in [0.717, 1.165) is 32.3 Å². The Morgan fingerprint density at radius 1 is 1.21 bits per heavy atom. The van der Waals surface area contributed by atoms with Crippen LogP contribution in [0.1, 0.15) is 11.3 Å². The van der Waals surface area contributed by atoms with Crippen molar-refractivity contribution in [1.82, 2.24) is 4.57 Å². The van der Waals surface area contributed by atoms with Crippen LogP contribution in [0.15, 0.2) is 53.0 Å². The number of carbonyl (C=O) groups excluding carboxylic acids is 1. The van der Waals surface area contributed by atoms with Gasteiger partial charge < -0.3 is 14.6 Å². The first-order valence-corrected chi connectivity index (χ1v) is 8.50. The minimum Gasteiger partial charge on any atom is -0.380 e. The maximum absolute atomic E-state index is 12.5. The van der Waals surface area contributed by atoms with Crippen molar-refractivity contribution in [2.75, 3.05) is 12.4 Å². The molecule has 3 aromatic rings. The van der Waals surface area contributed by atoms with Gasteiger partial charge in [0.05, 0.1) is 6.61 Å². The van der Waals surface area contributed by atoms with Crippen LogP contribution in [0.25, 0.3) is 10.9 Å². The van der Waals surface area contributed by atoms with Crippen LogP contribution in [0.4, 0.5) is 5.69 Å².